The maximum Gasteiger partial charge on any atom is 0.147 e. The number of anilines is 2. The first-order valence-corrected chi connectivity index (χ1v) is 7.80. The fourth-order valence-corrected chi connectivity index (χ4v) is 3.16. The van der Waals surface area contributed by atoms with Crippen molar-refractivity contribution >= 4 is 34.8 Å². The van der Waals surface area contributed by atoms with Crippen molar-refractivity contribution < 1.29 is 5.11 Å². The minimum atomic E-state index is -0.0387. The molecule has 20 heavy (non-hydrogen) atoms. The average molecular weight is 318 g/mol. The van der Waals surface area contributed by atoms with Crippen LogP contribution < -0.4 is 10.6 Å². The number of nitrogens with zero attached hydrogens (tertiary/aromatic N) is 1. The molecule has 1 saturated carbocycles. The van der Waals surface area contributed by atoms with Crippen LogP contribution in [0.2, 0.25) is 10.0 Å². The fourth-order valence-electron chi connectivity index (χ4n) is 2.67. The molecule has 3 N–H and O–H groups in total. The summed E-state index contributed by atoms with van der Waals surface area (Å²) < 4.78 is 0. The third-order valence-corrected chi connectivity index (χ3v) is 4.48. The molecule has 0 saturated heterocycles. The first-order chi connectivity index (χ1) is 9.60. The number of pyridine rings is 1. The van der Waals surface area contributed by atoms with Crippen molar-refractivity contribution in [1.82, 2.24) is 4.98 Å². The Hall–Kier alpha value is -0.710. The molecule has 1 fully saturated rings. The van der Waals surface area contributed by atoms with Crippen LogP contribution in [-0.2, 0) is 0 Å². The van der Waals surface area contributed by atoms with Gasteiger partial charge in [-0.15, -0.1) is 0 Å². The summed E-state index contributed by atoms with van der Waals surface area (Å²) in [4.78, 5) is 4.42. The van der Waals surface area contributed by atoms with Gasteiger partial charge in [-0.3, -0.25) is 0 Å². The molecule has 1 aliphatic rings. The highest BCUT2D eigenvalue weighted by atomic mass is 35.5. The summed E-state index contributed by atoms with van der Waals surface area (Å²) in [5.74, 6) is 1.25. The lowest BCUT2D eigenvalue weighted by Gasteiger charge is -2.27. The number of hydrogen-bond donors (Lipinski definition) is 3. The van der Waals surface area contributed by atoms with Gasteiger partial charge in [-0.25, -0.2) is 4.98 Å². The first kappa shape index (κ1) is 15.7. The SMILES string of the molecule is CCNc1nc(NCC2(CO)CCCC2)c(Cl)cc1Cl. The summed E-state index contributed by atoms with van der Waals surface area (Å²) in [6, 6.07) is 1.69. The lowest BCUT2D eigenvalue weighted by Crippen LogP contribution is -2.30. The third kappa shape index (κ3) is 3.48. The smallest absolute Gasteiger partial charge is 0.147 e. The standard InChI is InChI=1S/C14H21Cl2N3O/c1-2-17-12-10(15)7-11(16)13(19-12)18-8-14(9-20)5-3-4-6-14/h7,20H,2-6,8-9H2,1H3,(H2,17,18,19). The Bertz CT molecular complexity index is 462. The summed E-state index contributed by atoms with van der Waals surface area (Å²) in [5, 5.41) is 17.0. The topological polar surface area (TPSA) is 57.2 Å². The van der Waals surface area contributed by atoms with Crippen molar-refractivity contribution in [3.05, 3.63) is 16.1 Å². The molecule has 0 radical (unpaired) electrons. The number of aromatic nitrogens is 1. The quantitative estimate of drug-likeness (QED) is 0.747. The summed E-state index contributed by atoms with van der Waals surface area (Å²) >= 11 is 12.3. The molecule has 6 heteroatoms. The highest BCUT2D eigenvalue weighted by Gasteiger charge is 2.33. The van der Waals surface area contributed by atoms with Crippen LogP contribution in [0.4, 0.5) is 11.6 Å². The Morgan fingerprint density at radius 2 is 1.80 bits per heavy atom. The highest BCUT2D eigenvalue weighted by Crippen LogP contribution is 2.38. The second-order valence-electron chi connectivity index (χ2n) is 5.40. The van der Waals surface area contributed by atoms with Crippen LogP contribution in [0.25, 0.3) is 0 Å². The van der Waals surface area contributed by atoms with Crippen molar-refractivity contribution in [2.45, 2.75) is 32.6 Å². The third-order valence-electron chi connectivity index (χ3n) is 3.90. The lowest BCUT2D eigenvalue weighted by atomic mass is 9.87. The normalized spacial score (nSPS) is 17.2. The summed E-state index contributed by atoms with van der Waals surface area (Å²) in [6.45, 7) is 3.61. The molecule has 1 aromatic rings. The van der Waals surface area contributed by atoms with Gasteiger partial charge in [-0.2, -0.15) is 0 Å². The number of halogens is 2. The van der Waals surface area contributed by atoms with E-state index in [0.29, 0.717) is 28.2 Å². The average Bonchev–Trinajstić information content (AvgIpc) is 2.90. The predicted molar refractivity (Wildman–Crippen MR) is 84.9 cm³/mol. The Morgan fingerprint density at radius 1 is 1.20 bits per heavy atom. The summed E-state index contributed by atoms with van der Waals surface area (Å²) in [5.41, 5.74) is -0.0387. The predicted octanol–water partition coefficient (Wildman–Crippen LogP) is 3.78. The van der Waals surface area contributed by atoms with E-state index in [-0.39, 0.29) is 12.0 Å². The molecule has 4 nitrogen and oxygen atoms in total. The lowest BCUT2D eigenvalue weighted by molar-refractivity contribution is 0.142. The van der Waals surface area contributed by atoms with Gasteiger partial charge >= 0.3 is 0 Å². The first-order valence-electron chi connectivity index (χ1n) is 7.05. The van der Waals surface area contributed by atoms with Crippen LogP contribution >= 0.6 is 23.2 Å². The molecule has 0 amide bonds. The number of rotatable bonds is 6. The zero-order chi connectivity index (χ0) is 14.6. The van der Waals surface area contributed by atoms with E-state index in [1.165, 1.54) is 12.8 Å². The van der Waals surface area contributed by atoms with E-state index in [0.717, 1.165) is 19.4 Å². The van der Waals surface area contributed by atoms with Crippen LogP contribution in [-0.4, -0.2) is 29.8 Å². The van der Waals surface area contributed by atoms with Crippen LogP contribution in [0.5, 0.6) is 0 Å². The minimum Gasteiger partial charge on any atom is -0.396 e. The van der Waals surface area contributed by atoms with Gasteiger partial charge in [0.25, 0.3) is 0 Å². The Morgan fingerprint density at radius 3 is 2.35 bits per heavy atom. The summed E-state index contributed by atoms with van der Waals surface area (Å²) in [6.07, 6.45) is 4.43. The maximum absolute atomic E-state index is 9.62. The van der Waals surface area contributed by atoms with E-state index >= 15 is 0 Å². The zero-order valence-corrected chi connectivity index (χ0v) is 13.2. The molecule has 0 atom stereocenters. The van der Waals surface area contributed by atoms with E-state index in [9.17, 15) is 5.11 Å². The van der Waals surface area contributed by atoms with Crippen molar-refractivity contribution in [3.63, 3.8) is 0 Å². The van der Waals surface area contributed by atoms with Crippen LogP contribution in [0.3, 0.4) is 0 Å². The molecule has 1 aliphatic carbocycles. The van der Waals surface area contributed by atoms with Crippen LogP contribution in [0.1, 0.15) is 32.6 Å². The molecular formula is C14H21Cl2N3O. The molecule has 112 valence electrons. The van der Waals surface area contributed by atoms with Gasteiger partial charge in [0.2, 0.25) is 0 Å². The molecule has 1 aromatic heterocycles. The Balaban J connectivity index is 2.10. The minimum absolute atomic E-state index is 0.0387. The second-order valence-corrected chi connectivity index (χ2v) is 6.21. The van der Waals surface area contributed by atoms with E-state index < -0.39 is 0 Å². The van der Waals surface area contributed by atoms with Gasteiger partial charge in [-0.05, 0) is 25.8 Å². The van der Waals surface area contributed by atoms with E-state index in [1.807, 2.05) is 6.92 Å². The highest BCUT2D eigenvalue weighted by molar-refractivity contribution is 6.37. The zero-order valence-electron chi connectivity index (χ0n) is 11.7. The van der Waals surface area contributed by atoms with Crippen molar-refractivity contribution in [3.8, 4) is 0 Å². The van der Waals surface area contributed by atoms with Crippen molar-refractivity contribution in [1.29, 1.82) is 0 Å². The van der Waals surface area contributed by atoms with Gasteiger partial charge in [0.15, 0.2) is 0 Å². The van der Waals surface area contributed by atoms with E-state index in [1.54, 1.807) is 6.07 Å². The molecule has 0 unspecified atom stereocenters. The summed E-state index contributed by atoms with van der Waals surface area (Å²) in [7, 11) is 0. The molecule has 0 aromatic carbocycles. The molecule has 0 bridgehead atoms. The van der Waals surface area contributed by atoms with Gasteiger partial charge in [0.05, 0.1) is 16.7 Å². The van der Waals surface area contributed by atoms with Gasteiger partial charge in [-0.1, -0.05) is 36.0 Å². The monoisotopic (exact) mass is 317 g/mol. The number of aliphatic hydroxyl groups excluding tert-OH is 1. The number of nitrogens with one attached hydrogen (secondary N) is 2. The van der Waals surface area contributed by atoms with Gasteiger partial charge in [0.1, 0.15) is 11.6 Å². The molecular weight excluding hydrogens is 297 g/mol. The molecule has 1 heterocycles. The van der Waals surface area contributed by atoms with Crippen molar-refractivity contribution in [2.24, 2.45) is 5.41 Å². The Labute approximate surface area is 129 Å². The fraction of sp³-hybridized carbons (Fsp3) is 0.643. The molecule has 0 spiro atoms. The van der Waals surface area contributed by atoms with Gasteiger partial charge < -0.3 is 15.7 Å². The van der Waals surface area contributed by atoms with Crippen molar-refractivity contribution in [2.75, 3.05) is 30.3 Å². The largest absolute Gasteiger partial charge is 0.396 e. The van der Waals surface area contributed by atoms with Crippen LogP contribution in [0.15, 0.2) is 6.07 Å². The van der Waals surface area contributed by atoms with E-state index in [2.05, 4.69) is 15.6 Å². The number of hydrogen-bond acceptors (Lipinski definition) is 4. The van der Waals surface area contributed by atoms with E-state index in [4.69, 9.17) is 23.2 Å². The second kappa shape index (κ2) is 6.83. The van der Waals surface area contributed by atoms with Crippen LogP contribution in [0, 0.1) is 5.41 Å². The number of aliphatic hydroxyl groups is 1. The maximum atomic E-state index is 9.62. The molecule has 2 rings (SSSR count). The Kier molecular flexibility index (Phi) is 5.35. The van der Waals surface area contributed by atoms with Gasteiger partial charge in [0, 0.05) is 18.5 Å². The molecule has 0 aliphatic heterocycles.